The molecule has 1 aromatic carbocycles. The molecule has 0 atom stereocenters. The van der Waals surface area contributed by atoms with Gasteiger partial charge < -0.3 is 9.84 Å². The first-order valence-corrected chi connectivity index (χ1v) is 9.41. The van der Waals surface area contributed by atoms with E-state index in [2.05, 4.69) is 4.98 Å². The fourth-order valence-electron chi connectivity index (χ4n) is 3.07. The van der Waals surface area contributed by atoms with Crippen LogP contribution in [0.5, 0.6) is 5.75 Å². The molecule has 0 aliphatic rings. The van der Waals surface area contributed by atoms with Gasteiger partial charge in [0.1, 0.15) is 23.9 Å². The number of imidazole rings is 1. The molecule has 0 saturated carbocycles. The van der Waals surface area contributed by atoms with Gasteiger partial charge in [-0.3, -0.25) is 9.20 Å². The highest BCUT2D eigenvalue weighted by molar-refractivity contribution is 5.96. The smallest absolute Gasteiger partial charge is 0.181 e. The fraction of sp³-hybridized carbons (Fsp3) is 0.391. The van der Waals surface area contributed by atoms with Crippen LogP contribution in [0.1, 0.15) is 55.9 Å². The topological polar surface area (TPSA) is 63.8 Å². The molecule has 0 saturated heterocycles. The Bertz CT molecular complexity index is 1020. The standard InChI is InChI=1S/C22H24F2N2O3.CH4/c1-14-20(18(28)9-10-22(2,3)13-27)26-11-5-8-19(21(26)25-14)29-12-15-16(23)6-4-7-17(15)24;/h4-8,11,27H,9-10,12-13H2,1-3H3;1H4. The number of carbonyl (C=O) groups is 1. The number of hydrogen-bond acceptors (Lipinski definition) is 4. The predicted octanol–water partition coefficient (Wildman–Crippen LogP) is 5.12. The normalized spacial score (nSPS) is 11.4. The van der Waals surface area contributed by atoms with Gasteiger partial charge >= 0.3 is 0 Å². The number of pyridine rings is 1. The van der Waals surface area contributed by atoms with Crippen LogP contribution < -0.4 is 4.74 Å². The molecule has 0 unspecified atom stereocenters. The Kier molecular flexibility index (Phi) is 7.31. The van der Waals surface area contributed by atoms with E-state index >= 15 is 0 Å². The van der Waals surface area contributed by atoms with Gasteiger partial charge in [-0.05, 0) is 43.0 Å². The van der Waals surface area contributed by atoms with Crippen LogP contribution in [0.25, 0.3) is 5.65 Å². The molecular formula is C23H28F2N2O3. The van der Waals surface area contributed by atoms with Gasteiger partial charge in [-0.25, -0.2) is 13.8 Å². The first-order chi connectivity index (χ1) is 13.7. The maximum absolute atomic E-state index is 13.8. The largest absolute Gasteiger partial charge is 0.485 e. The number of nitrogens with zero attached hydrogens (tertiary/aromatic N) is 2. The zero-order valence-electron chi connectivity index (χ0n) is 16.7. The SMILES string of the molecule is C.Cc1nc2c(OCc3c(F)cccc3F)cccn2c1C(=O)CCC(C)(C)CO. The average molecular weight is 418 g/mol. The predicted molar refractivity (Wildman–Crippen MR) is 112 cm³/mol. The minimum atomic E-state index is -0.682. The number of Topliss-reactive ketones (excluding diaryl/α,β-unsaturated/α-hetero) is 1. The molecule has 2 aromatic heterocycles. The highest BCUT2D eigenvalue weighted by Crippen LogP contribution is 2.27. The van der Waals surface area contributed by atoms with Crippen molar-refractivity contribution in [3.8, 4) is 5.75 Å². The number of aliphatic hydroxyl groups is 1. The van der Waals surface area contributed by atoms with Crippen molar-refractivity contribution in [2.24, 2.45) is 5.41 Å². The Labute approximate surface area is 175 Å². The maximum atomic E-state index is 13.8. The number of fused-ring (bicyclic) bond motifs is 1. The number of carbonyl (C=O) groups excluding carboxylic acids is 1. The van der Waals surface area contributed by atoms with E-state index in [9.17, 15) is 18.7 Å². The van der Waals surface area contributed by atoms with Gasteiger partial charge in [-0.15, -0.1) is 0 Å². The van der Waals surface area contributed by atoms with Crippen molar-refractivity contribution < 1.29 is 23.4 Å². The molecule has 0 fully saturated rings. The molecule has 2 heterocycles. The monoisotopic (exact) mass is 418 g/mol. The van der Waals surface area contributed by atoms with Crippen molar-refractivity contribution in [2.45, 2.75) is 47.6 Å². The van der Waals surface area contributed by atoms with Crippen molar-refractivity contribution in [1.29, 1.82) is 0 Å². The summed E-state index contributed by atoms with van der Waals surface area (Å²) in [5, 5.41) is 9.39. The van der Waals surface area contributed by atoms with Crippen LogP contribution in [0, 0.1) is 24.0 Å². The van der Waals surface area contributed by atoms with Crippen LogP contribution in [-0.2, 0) is 6.61 Å². The number of aromatic nitrogens is 2. The molecule has 3 aromatic rings. The lowest BCUT2D eigenvalue weighted by atomic mass is 9.87. The first kappa shape index (κ1) is 23.5. The molecule has 0 aliphatic carbocycles. The second kappa shape index (κ2) is 9.34. The van der Waals surface area contributed by atoms with E-state index in [-0.39, 0.29) is 43.8 Å². The van der Waals surface area contributed by atoms with E-state index in [0.717, 1.165) is 0 Å². The summed E-state index contributed by atoms with van der Waals surface area (Å²) < 4.78 is 35.0. The van der Waals surface area contributed by atoms with Crippen LogP contribution in [0.4, 0.5) is 8.78 Å². The van der Waals surface area contributed by atoms with E-state index in [4.69, 9.17) is 4.74 Å². The summed E-state index contributed by atoms with van der Waals surface area (Å²) in [7, 11) is 0. The Balaban J connectivity index is 0.00000320. The van der Waals surface area contributed by atoms with Crippen LogP contribution >= 0.6 is 0 Å². The number of rotatable bonds is 8. The summed E-state index contributed by atoms with van der Waals surface area (Å²) in [4.78, 5) is 17.2. The summed E-state index contributed by atoms with van der Waals surface area (Å²) in [5.74, 6) is -1.13. The number of aliphatic hydroxyl groups excluding tert-OH is 1. The van der Waals surface area contributed by atoms with Gasteiger partial charge in [0.15, 0.2) is 17.2 Å². The molecule has 0 spiro atoms. The number of hydrogen-bond donors (Lipinski definition) is 1. The van der Waals surface area contributed by atoms with Crippen LogP contribution in [0.15, 0.2) is 36.5 Å². The Hall–Kier alpha value is -2.80. The minimum Gasteiger partial charge on any atom is -0.485 e. The van der Waals surface area contributed by atoms with Gasteiger partial charge in [0.05, 0.1) is 11.3 Å². The second-order valence-corrected chi connectivity index (χ2v) is 7.85. The Morgan fingerprint density at radius 2 is 1.87 bits per heavy atom. The molecule has 5 nitrogen and oxygen atoms in total. The van der Waals surface area contributed by atoms with Gasteiger partial charge in [-0.2, -0.15) is 0 Å². The second-order valence-electron chi connectivity index (χ2n) is 7.85. The van der Waals surface area contributed by atoms with Gasteiger partial charge in [0, 0.05) is 19.2 Å². The van der Waals surface area contributed by atoms with Crippen molar-refractivity contribution in [2.75, 3.05) is 6.61 Å². The van der Waals surface area contributed by atoms with Gasteiger partial charge in [0.25, 0.3) is 0 Å². The lowest BCUT2D eigenvalue weighted by Gasteiger charge is -2.20. The summed E-state index contributed by atoms with van der Waals surface area (Å²) >= 11 is 0. The van der Waals surface area contributed by atoms with Gasteiger partial charge in [-0.1, -0.05) is 27.3 Å². The lowest BCUT2D eigenvalue weighted by Crippen LogP contribution is -2.18. The molecule has 3 rings (SSSR count). The minimum absolute atomic E-state index is 0. The third-order valence-corrected chi connectivity index (χ3v) is 4.94. The van der Waals surface area contributed by atoms with Crippen LogP contribution in [-0.4, -0.2) is 26.9 Å². The van der Waals surface area contributed by atoms with Gasteiger partial charge in [0.2, 0.25) is 0 Å². The lowest BCUT2D eigenvalue weighted by molar-refractivity contribution is 0.0927. The third-order valence-electron chi connectivity index (χ3n) is 4.94. The van der Waals surface area contributed by atoms with E-state index in [0.29, 0.717) is 29.2 Å². The van der Waals surface area contributed by atoms with E-state index < -0.39 is 11.6 Å². The molecule has 30 heavy (non-hydrogen) atoms. The first-order valence-electron chi connectivity index (χ1n) is 9.41. The highest BCUT2D eigenvalue weighted by Gasteiger charge is 2.23. The number of benzene rings is 1. The molecule has 7 heteroatoms. The Morgan fingerprint density at radius 1 is 1.20 bits per heavy atom. The summed E-state index contributed by atoms with van der Waals surface area (Å²) in [6.45, 7) is 5.23. The molecule has 0 amide bonds. The fourth-order valence-corrected chi connectivity index (χ4v) is 3.07. The maximum Gasteiger partial charge on any atom is 0.181 e. The van der Waals surface area contributed by atoms with E-state index in [1.807, 2.05) is 13.8 Å². The van der Waals surface area contributed by atoms with E-state index in [1.54, 1.807) is 29.7 Å². The summed E-state index contributed by atoms with van der Waals surface area (Å²) in [6, 6.07) is 6.97. The number of ether oxygens (including phenoxy) is 1. The van der Waals surface area contributed by atoms with Crippen molar-refractivity contribution in [3.05, 3.63) is 65.1 Å². The van der Waals surface area contributed by atoms with Crippen molar-refractivity contribution in [3.63, 3.8) is 0 Å². The molecule has 0 radical (unpaired) electrons. The van der Waals surface area contributed by atoms with Crippen molar-refractivity contribution >= 4 is 11.4 Å². The van der Waals surface area contributed by atoms with Crippen molar-refractivity contribution in [1.82, 2.24) is 9.38 Å². The average Bonchev–Trinajstić information content (AvgIpc) is 3.02. The number of aryl methyl sites for hydroxylation is 1. The molecule has 0 bridgehead atoms. The molecular weight excluding hydrogens is 390 g/mol. The summed E-state index contributed by atoms with van der Waals surface area (Å²) in [6.07, 6.45) is 2.52. The zero-order chi connectivity index (χ0) is 21.2. The molecule has 162 valence electrons. The zero-order valence-corrected chi connectivity index (χ0v) is 16.7. The van der Waals surface area contributed by atoms with E-state index in [1.165, 1.54) is 18.2 Å². The highest BCUT2D eigenvalue weighted by atomic mass is 19.1. The van der Waals surface area contributed by atoms with Crippen LogP contribution in [0.2, 0.25) is 0 Å². The molecule has 1 N–H and O–H groups in total. The Morgan fingerprint density at radius 3 is 2.50 bits per heavy atom. The number of ketones is 1. The van der Waals surface area contributed by atoms with Crippen LogP contribution in [0.3, 0.4) is 0 Å². The quantitative estimate of drug-likeness (QED) is 0.516. The third kappa shape index (κ3) is 4.84. The summed E-state index contributed by atoms with van der Waals surface area (Å²) in [5.41, 5.74) is 0.885. The molecule has 0 aliphatic heterocycles. The number of halogens is 2.